The van der Waals surface area contributed by atoms with E-state index in [2.05, 4.69) is 0 Å². The van der Waals surface area contributed by atoms with Gasteiger partial charge >= 0.3 is 0 Å². The first-order valence-electron chi connectivity index (χ1n) is 5.72. The van der Waals surface area contributed by atoms with Gasteiger partial charge in [0.05, 0.1) is 6.61 Å². The Balaban J connectivity index is 2.50. The van der Waals surface area contributed by atoms with Gasteiger partial charge in [-0.25, -0.2) is 4.39 Å². The number of hydrogen-bond acceptors (Lipinski definition) is 2. The minimum absolute atomic E-state index is 0.364. The van der Waals surface area contributed by atoms with Crippen LogP contribution in [-0.2, 0) is 0 Å². The molecule has 92 valence electrons. The summed E-state index contributed by atoms with van der Waals surface area (Å²) < 4.78 is 18.7. The van der Waals surface area contributed by atoms with E-state index in [-0.39, 0.29) is 5.82 Å². The van der Waals surface area contributed by atoms with Crippen LogP contribution in [0, 0.1) is 5.82 Å². The first kappa shape index (κ1) is 12.3. The molecular formula is C15H13FO2. The zero-order valence-electron chi connectivity index (χ0n) is 10.0. The highest BCUT2D eigenvalue weighted by Crippen LogP contribution is 2.27. The molecule has 2 nitrogen and oxygen atoms in total. The summed E-state index contributed by atoms with van der Waals surface area (Å²) in [7, 11) is 0. The summed E-state index contributed by atoms with van der Waals surface area (Å²) in [5, 5.41) is 0. The molecule has 2 aromatic rings. The highest BCUT2D eigenvalue weighted by Gasteiger charge is 2.07. The Morgan fingerprint density at radius 2 is 2.06 bits per heavy atom. The van der Waals surface area contributed by atoms with E-state index in [4.69, 9.17) is 4.74 Å². The fourth-order valence-electron chi connectivity index (χ4n) is 1.80. The normalized spacial score (nSPS) is 10.1. The van der Waals surface area contributed by atoms with Crippen LogP contribution >= 0.6 is 0 Å². The Bertz CT molecular complexity index is 564. The molecule has 0 saturated carbocycles. The molecule has 3 heteroatoms. The Kier molecular flexibility index (Phi) is 3.72. The maximum Gasteiger partial charge on any atom is 0.150 e. The summed E-state index contributed by atoms with van der Waals surface area (Å²) in [4.78, 5) is 11.0. The van der Waals surface area contributed by atoms with Gasteiger partial charge in [0.1, 0.15) is 11.6 Å². The number of carbonyl (C=O) groups excluding carboxylic acids is 1. The van der Waals surface area contributed by atoms with E-state index in [0.717, 1.165) is 11.8 Å². The maximum atomic E-state index is 13.3. The first-order valence-corrected chi connectivity index (χ1v) is 5.72. The quantitative estimate of drug-likeness (QED) is 0.766. The van der Waals surface area contributed by atoms with Crippen molar-refractivity contribution in [3.8, 4) is 16.9 Å². The second kappa shape index (κ2) is 5.45. The van der Waals surface area contributed by atoms with E-state index in [1.54, 1.807) is 6.07 Å². The molecule has 2 aromatic carbocycles. The van der Waals surface area contributed by atoms with Crippen molar-refractivity contribution in [1.82, 2.24) is 0 Å². The van der Waals surface area contributed by atoms with Gasteiger partial charge in [-0.3, -0.25) is 4.79 Å². The van der Waals surface area contributed by atoms with Crippen molar-refractivity contribution in [2.24, 2.45) is 0 Å². The van der Waals surface area contributed by atoms with Gasteiger partial charge in [0, 0.05) is 5.56 Å². The lowest BCUT2D eigenvalue weighted by molar-refractivity contribution is 0.112. The molecule has 0 aromatic heterocycles. The van der Waals surface area contributed by atoms with Crippen molar-refractivity contribution < 1.29 is 13.9 Å². The molecule has 18 heavy (non-hydrogen) atoms. The summed E-state index contributed by atoms with van der Waals surface area (Å²) >= 11 is 0. The third kappa shape index (κ3) is 2.56. The van der Waals surface area contributed by atoms with Gasteiger partial charge in [-0.05, 0) is 48.4 Å². The molecule has 0 amide bonds. The van der Waals surface area contributed by atoms with Crippen LogP contribution in [0.5, 0.6) is 5.75 Å². The smallest absolute Gasteiger partial charge is 0.150 e. The molecule has 2 rings (SSSR count). The Morgan fingerprint density at radius 3 is 2.78 bits per heavy atom. The third-order valence-corrected chi connectivity index (χ3v) is 2.60. The lowest BCUT2D eigenvalue weighted by Crippen LogP contribution is -1.93. The van der Waals surface area contributed by atoms with Gasteiger partial charge in [-0.15, -0.1) is 0 Å². The van der Waals surface area contributed by atoms with Crippen molar-refractivity contribution in [2.75, 3.05) is 6.61 Å². The van der Waals surface area contributed by atoms with Gasteiger partial charge in [0.2, 0.25) is 0 Å². The molecule has 0 spiro atoms. The predicted octanol–water partition coefficient (Wildman–Crippen LogP) is 3.70. The number of carbonyl (C=O) groups is 1. The van der Waals surface area contributed by atoms with Crippen molar-refractivity contribution in [3.05, 3.63) is 53.8 Å². The topological polar surface area (TPSA) is 26.3 Å². The zero-order chi connectivity index (χ0) is 13.0. The average molecular weight is 244 g/mol. The van der Waals surface area contributed by atoms with Crippen LogP contribution in [0.1, 0.15) is 17.3 Å². The predicted molar refractivity (Wildman–Crippen MR) is 68.4 cm³/mol. The van der Waals surface area contributed by atoms with Crippen LogP contribution in [0.3, 0.4) is 0 Å². The lowest BCUT2D eigenvalue weighted by Gasteiger charge is -2.08. The Hall–Kier alpha value is -2.16. The van der Waals surface area contributed by atoms with Crippen LogP contribution in [0.2, 0.25) is 0 Å². The fraction of sp³-hybridized carbons (Fsp3) is 0.133. The SMILES string of the molecule is CCOc1cccc(-c2cc(F)ccc2C=O)c1. The van der Waals surface area contributed by atoms with Crippen LogP contribution in [0.25, 0.3) is 11.1 Å². The van der Waals surface area contributed by atoms with Crippen LogP contribution < -0.4 is 4.74 Å². The number of benzene rings is 2. The average Bonchev–Trinajstić information content (AvgIpc) is 2.39. The van der Waals surface area contributed by atoms with E-state index in [1.165, 1.54) is 18.2 Å². The third-order valence-electron chi connectivity index (χ3n) is 2.60. The van der Waals surface area contributed by atoms with E-state index in [1.807, 2.05) is 25.1 Å². The number of hydrogen-bond donors (Lipinski definition) is 0. The summed E-state index contributed by atoms with van der Waals surface area (Å²) in [5.74, 6) is 0.341. The van der Waals surface area contributed by atoms with Crippen LogP contribution in [0.4, 0.5) is 4.39 Å². The molecule has 0 fully saturated rings. The van der Waals surface area contributed by atoms with Crippen molar-refractivity contribution in [1.29, 1.82) is 0 Å². The number of rotatable bonds is 4. The van der Waals surface area contributed by atoms with Gasteiger partial charge < -0.3 is 4.74 Å². The zero-order valence-corrected chi connectivity index (χ0v) is 10.0. The second-order valence-electron chi connectivity index (χ2n) is 3.81. The van der Waals surface area contributed by atoms with Crippen LogP contribution in [-0.4, -0.2) is 12.9 Å². The summed E-state index contributed by atoms with van der Waals surface area (Å²) in [6, 6.07) is 11.4. The molecule has 0 aliphatic heterocycles. The summed E-state index contributed by atoms with van der Waals surface area (Å²) in [5.41, 5.74) is 1.80. The Labute approximate surface area is 105 Å². The molecule has 0 unspecified atom stereocenters. The largest absolute Gasteiger partial charge is 0.494 e. The Morgan fingerprint density at radius 1 is 1.22 bits per heavy atom. The first-order chi connectivity index (χ1) is 8.74. The second-order valence-corrected chi connectivity index (χ2v) is 3.81. The lowest BCUT2D eigenvalue weighted by atomic mass is 10.00. The monoisotopic (exact) mass is 244 g/mol. The molecule has 0 bridgehead atoms. The molecule has 0 N–H and O–H groups in total. The van der Waals surface area contributed by atoms with E-state index >= 15 is 0 Å². The summed E-state index contributed by atoms with van der Waals surface area (Å²) in [6.45, 7) is 2.46. The molecule has 0 radical (unpaired) electrons. The van der Waals surface area contributed by atoms with Crippen molar-refractivity contribution >= 4 is 6.29 Å². The van der Waals surface area contributed by atoms with E-state index < -0.39 is 0 Å². The highest BCUT2D eigenvalue weighted by molar-refractivity contribution is 5.87. The minimum atomic E-state index is -0.364. The molecule has 0 heterocycles. The van der Waals surface area contributed by atoms with Crippen LogP contribution in [0.15, 0.2) is 42.5 Å². The summed E-state index contributed by atoms with van der Waals surface area (Å²) in [6.07, 6.45) is 0.724. The molecule has 0 aliphatic rings. The molecule has 0 saturated heterocycles. The van der Waals surface area contributed by atoms with Gasteiger partial charge in [0.15, 0.2) is 6.29 Å². The molecule has 0 aliphatic carbocycles. The molecular weight excluding hydrogens is 231 g/mol. The number of ether oxygens (including phenoxy) is 1. The van der Waals surface area contributed by atoms with Gasteiger partial charge in [0.25, 0.3) is 0 Å². The maximum absolute atomic E-state index is 13.3. The van der Waals surface area contributed by atoms with E-state index in [9.17, 15) is 9.18 Å². The number of halogens is 1. The highest BCUT2D eigenvalue weighted by atomic mass is 19.1. The standard InChI is InChI=1S/C15H13FO2/c1-2-18-14-5-3-4-11(8-14)15-9-13(16)7-6-12(15)10-17/h3-10H,2H2,1H3. The minimum Gasteiger partial charge on any atom is -0.494 e. The van der Waals surface area contributed by atoms with Gasteiger partial charge in [-0.1, -0.05) is 12.1 Å². The van der Waals surface area contributed by atoms with Crippen molar-refractivity contribution in [2.45, 2.75) is 6.92 Å². The van der Waals surface area contributed by atoms with Gasteiger partial charge in [-0.2, -0.15) is 0 Å². The van der Waals surface area contributed by atoms with E-state index in [0.29, 0.717) is 23.5 Å². The van der Waals surface area contributed by atoms with Crippen molar-refractivity contribution in [3.63, 3.8) is 0 Å². The molecule has 0 atom stereocenters. The number of aldehydes is 1. The fourth-order valence-corrected chi connectivity index (χ4v) is 1.80.